The van der Waals surface area contributed by atoms with Crippen LogP contribution in [0.5, 0.6) is 0 Å². The van der Waals surface area contributed by atoms with Crippen LogP contribution in [0.25, 0.3) is 0 Å². The largest absolute Gasteiger partial charge is 0.478 e. The van der Waals surface area contributed by atoms with E-state index in [-0.39, 0.29) is 43.9 Å². The van der Waals surface area contributed by atoms with Gasteiger partial charge in [0.1, 0.15) is 0 Å². The Morgan fingerprint density at radius 1 is 0.700 bits per heavy atom. The van der Waals surface area contributed by atoms with Gasteiger partial charge in [-0.15, -0.1) is 0 Å². The highest BCUT2D eigenvalue weighted by atomic mass is 35.5. The number of carbonyl (C=O) groups is 4. The Labute approximate surface area is 179 Å². The minimum Gasteiger partial charge on any atom is -0.478 e. The number of aromatic carboxylic acids is 2. The van der Waals surface area contributed by atoms with Crippen LogP contribution in [-0.2, 0) is 9.59 Å². The van der Waals surface area contributed by atoms with E-state index in [0.29, 0.717) is 0 Å². The summed E-state index contributed by atoms with van der Waals surface area (Å²) in [7, 11) is 0. The van der Waals surface area contributed by atoms with E-state index in [1.54, 1.807) is 0 Å². The van der Waals surface area contributed by atoms with Crippen LogP contribution in [0.3, 0.4) is 0 Å². The van der Waals surface area contributed by atoms with Crippen LogP contribution in [0.1, 0.15) is 20.7 Å². The van der Waals surface area contributed by atoms with E-state index in [1.165, 1.54) is 36.4 Å². The van der Waals surface area contributed by atoms with Gasteiger partial charge in [0.25, 0.3) is 0 Å². The van der Waals surface area contributed by atoms with Gasteiger partial charge in [-0.1, -0.05) is 23.2 Å². The van der Waals surface area contributed by atoms with Gasteiger partial charge >= 0.3 is 11.9 Å². The van der Waals surface area contributed by atoms with Crippen molar-refractivity contribution in [3.63, 3.8) is 0 Å². The molecule has 8 nitrogen and oxygen atoms in total. The molecule has 0 radical (unpaired) electrons. The molecule has 30 heavy (non-hydrogen) atoms. The van der Waals surface area contributed by atoms with Crippen LogP contribution >= 0.6 is 23.2 Å². The summed E-state index contributed by atoms with van der Waals surface area (Å²) < 4.78 is 0. The van der Waals surface area contributed by atoms with Crippen LogP contribution in [0, 0.1) is 0 Å². The van der Waals surface area contributed by atoms with Gasteiger partial charge in [-0.25, -0.2) is 9.59 Å². The zero-order chi connectivity index (χ0) is 22.0. The summed E-state index contributed by atoms with van der Waals surface area (Å²) in [6.07, 6.45) is 1.95. The smallest absolute Gasteiger partial charge is 0.337 e. The minimum atomic E-state index is -1.25. The van der Waals surface area contributed by atoms with Gasteiger partial charge < -0.3 is 20.8 Å². The first-order valence-corrected chi connectivity index (χ1v) is 9.03. The predicted molar refractivity (Wildman–Crippen MR) is 110 cm³/mol. The summed E-state index contributed by atoms with van der Waals surface area (Å²) >= 11 is 11.8. The van der Waals surface area contributed by atoms with Crippen LogP contribution in [0.2, 0.25) is 10.0 Å². The van der Waals surface area contributed by atoms with Crippen LogP contribution < -0.4 is 10.6 Å². The first-order valence-electron chi connectivity index (χ1n) is 8.27. The van der Waals surface area contributed by atoms with Crippen molar-refractivity contribution in [2.24, 2.45) is 0 Å². The van der Waals surface area contributed by atoms with Crippen LogP contribution in [0.4, 0.5) is 11.4 Å². The fraction of sp³-hybridized carbons (Fsp3) is 0. The zero-order valence-corrected chi connectivity index (χ0v) is 16.4. The number of rotatable bonds is 6. The van der Waals surface area contributed by atoms with Gasteiger partial charge in [0, 0.05) is 22.2 Å². The second-order valence-electron chi connectivity index (χ2n) is 6.08. The number of benzene rings is 2. The molecule has 4 N–H and O–H groups in total. The number of carboxylic acids is 2. The normalized spacial score (nSPS) is 13.4. The molecule has 10 heteroatoms. The molecule has 2 aromatic rings. The van der Waals surface area contributed by atoms with E-state index in [4.69, 9.17) is 23.2 Å². The molecule has 0 bridgehead atoms. The quantitative estimate of drug-likeness (QED) is 0.491. The molecular weight excluding hydrogens is 435 g/mol. The monoisotopic (exact) mass is 446 g/mol. The number of halogens is 2. The van der Waals surface area contributed by atoms with Gasteiger partial charge in [0.15, 0.2) is 0 Å². The number of carboxylic acid groups (broad SMARTS) is 2. The van der Waals surface area contributed by atoms with Crippen molar-refractivity contribution >= 4 is 58.1 Å². The lowest BCUT2D eigenvalue weighted by Crippen LogP contribution is -2.23. The van der Waals surface area contributed by atoms with Crippen molar-refractivity contribution < 1.29 is 29.4 Å². The van der Waals surface area contributed by atoms with E-state index in [1.807, 2.05) is 0 Å². The van der Waals surface area contributed by atoms with E-state index in [2.05, 4.69) is 10.6 Å². The Morgan fingerprint density at radius 2 is 1.07 bits per heavy atom. The highest BCUT2D eigenvalue weighted by Crippen LogP contribution is 2.26. The summed E-state index contributed by atoms with van der Waals surface area (Å²) in [6.45, 7) is 0. The highest BCUT2D eigenvalue weighted by molar-refractivity contribution is 6.31. The molecule has 152 valence electrons. The number of anilines is 2. The third-order valence-corrected chi connectivity index (χ3v) is 4.51. The van der Waals surface area contributed by atoms with Crippen molar-refractivity contribution in [2.45, 2.75) is 0 Å². The average Bonchev–Trinajstić information content (AvgIpc) is 2.65. The number of allylic oxidation sites excluding steroid dienone is 2. The first kappa shape index (κ1) is 21.1. The number of ketones is 2. The first-order chi connectivity index (χ1) is 14.2. The SMILES string of the molecule is O=C1C=C(Nc2cc(Cl)ccc2C(=O)O)C(=O)C=C1Nc1cc(Cl)ccc1C(=O)O. The highest BCUT2D eigenvalue weighted by Gasteiger charge is 2.23. The third-order valence-electron chi connectivity index (χ3n) is 4.04. The molecule has 3 rings (SSSR count). The number of hydrogen-bond donors (Lipinski definition) is 4. The van der Waals surface area contributed by atoms with Gasteiger partial charge in [-0.05, 0) is 36.4 Å². The summed E-state index contributed by atoms with van der Waals surface area (Å²) in [5.41, 5.74) is -0.540. The summed E-state index contributed by atoms with van der Waals surface area (Å²) in [5, 5.41) is 24.2. The van der Waals surface area contributed by atoms with Crippen LogP contribution in [-0.4, -0.2) is 33.7 Å². The second kappa shape index (κ2) is 8.40. The van der Waals surface area contributed by atoms with Crippen molar-refractivity contribution in [1.29, 1.82) is 0 Å². The molecule has 0 unspecified atom stereocenters. The molecule has 1 aliphatic rings. The molecule has 0 spiro atoms. The molecule has 1 aliphatic carbocycles. The van der Waals surface area contributed by atoms with Gasteiger partial charge in [-0.3, -0.25) is 9.59 Å². The molecule has 0 aromatic heterocycles. The maximum atomic E-state index is 12.5. The maximum Gasteiger partial charge on any atom is 0.337 e. The minimum absolute atomic E-state index is 0.0372. The topological polar surface area (TPSA) is 133 Å². The molecule has 0 amide bonds. The van der Waals surface area contributed by atoms with Gasteiger partial charge in [-0.2, -0.15) is 0 Å². The Balaban J connectivity index is 1.88. The van der Waals surface area contributed by atoms with E-state index in [0.717, 1.165) is 12.2 Å². The lowest BCUT2D eigenvalue weighted by Gasteiger charge is -2.17. The van der Waals surface area contributed by atoms with E-state index >= 15 is 0 Å². The standard InChI is InChI=1S/C20H12Cl2N2O6/c21-9-1-3-11(19(27)28)13(5-9)23-15-7-18(26)16(8-17(15)25)24-14-6-10(22)2-4-12(14)20(29)30/h1-8,23-24H,(H,27,28)(H,29,30). The third kappa shape index (κ3) is 4.51. The fourth-order valence-electron chi connectivity index (χ4n) is 2.66. The molecule has 2 aromatic carbocycles. The average molecular weight is 447 g/mol. The Bertz CT molecular complexity index is 1080. The van der Waals surface area contributed by atoms with Crippen LogP contribution in [0.15, 0.2) is 59.9 Å². The molecule has 0 aliphatic heterocycles. The number of carbonyl (C=O) groups excluding carboxylic acids is 2. The Kier molecular flexibility index (Phi) is 5.91. The summed E-state index contributed by atoms with van der Waals surface area (Å²) in [5.74, 6) is -3.76. The molecule has 0 atom stereocenters. The predicted octanol–water partition coefficient (Wildman–Crippen LogP) is 3.83. The van der Waals surface area contributed by atoms with Gasteiger partial charge in [0.2, 0.25) is 11.6 Å². The van der Waals surface area contributed by atoms with Crippen molar-refractivity contribution in [3.8, 4) is 0 Å². The molecule has 0 heterocycles. The number of hydrogen-bond acceptors (Lipinski definition) is 6. The van der Waals surface area contributed by atoms with Crippen molar-refractivity contribution in [1.82, 2.24) is 0 Å². The van der Waals surface area contributed by atoms with Crippen molar-refractivity contribution in [3.05, 3.63) is 81.1 Å². The Hall–Kier alpha value is -3.62. The fourth-order valence-corrected chi connectivity index (χ4v) is 3.00. The van der Waals surface area contributed by atoms with Gasteiger partial charge in [0.05, 0.1) is 33.9 Å². The number of nitrogens with one attached hydrogen (secondary N) is 2. The maximum absolute atomic E-state index is 12.5. The summed E-state index contributed by atoms with van der Waals surface area (Å²) in [4.78, 5) is 47.7. The molecule has 0 saturated carbocycles. The zero-order valence-electron chi connectivity index (χ0n) is 14.9. The van der Waals surface area contributed by atoms with E-state index < -0.39 is 23.5 Å². The molecular formula is C20H12Cl2N2O6. The second-order valence-corrected chi connectivity index (χ2v) is 6.96. The molecule has 0 fully saturated rings. The van der Waals surface area contributed by atoms with E-state index in [9.17, 15) is 29.4 Å². The summed E-state index contributed by atoms with van der Waals surface area (Å²) in [6, 6.07) is 7.91. The lowest BCUT2D eigenvalue weighted by molar-refractivity contribution is -0.115. The lowest BCUT2D eigenvalue weighted by atomic mass is 10.0. The molecule has 0 saturated heterocycles. The Morgan fingerprint density at radius 3 is 1.40 bits per heavy atom. The van der Waals surface area contributed by atoms with Crippen molar-refractivity contribution in [2.75, 3.05) is 10.6 Å².